The van der Waals surface area contributed by atoms with Crippen LogP contribution in [0.3, 0.4) is 0 Å². The van der Waals surface area contributed by atoms with E-state index < -0.39 is 6.36 Å². The van der Waals surface area contributed by atoms with Gasteiger partial charge in [0.1, 0.15) is 11.5 Å². The van der Waals surface area contributed by atoms with Gasteiger partial charge >= 0.3 is 6.36 Å². The summed E-state index contributed by atoms with van der Waals surface area (Å²) in [7, 11) is 1.59. The van der Waals surface area contributed by atoms with Crippen molar-refractivity contribution in [1.82, 2.24) is 14.9 Å². The lowest BCUT2D eigenvalue weighted by Crippen LogP contribution is -2.61. The minimum atomic E-state index is -4.68. The van der Waals surface area contributed by atoms with E-state index in [9.17, 15) is 18.0 Å². The smallest absolute Gasteiger partial charge is 0.497 e. The van der Waals surface area contributed by atoms with E-state index in [1.165, 1.54) is 17.7 Å². The molecule has 1 N–H and O–H groups in total. The highest BCUT2D eigenvalue weighted by molar-refractivity contribution is 6.02. The lowest BCUT2D eigenvalue weighted by molar-refractivity contribution is -0.274. The Morgan fingerprint density at radius 1 is 1.05 bits per heavy atom. The van der Waals surface area contributed by atoms with Crippen molar-refractivity contribution in [3.63, 3.8) is 0 Å². The van der Waals surface area contributed by atoms with E-state index >= 15 is 0 Å². The number of aromatic nitrogens is 2. The maximum Gasteiger partial charge on any atom is 0.573 e. The predicted octanol–water partition coefficient (Wildman–Crippen LogP) is 5.86. The number of pyridine rings is 1. The lowest BCUT2D eigenvalue weighted by atomic mass is 9.56. The number of nitrogens with zero attached hydrogens (tertiary/aromatic N) is 3. The van der Waals surface area contributed by atoms with Crippen LogP contribution in [0.1, 0.15) is 45.9 Å². The van der Waals surface area contributed by atoms with Gasteiger partial charge in [0, 0.05) is 43.0 Å². The first-order chi connectivity index (χ1) is 19.1. The monoisotopic (exact) mass is 550 g/mol. The molecule has 1 amide bonds. The fourth-order valence-corrected chi connectivity index (χ4v) is 6.01. The third-order valence-electron chi connectivity index (χ3n) is 8.00. The molecule has 2 fully saturated rings. The van der Waals surface area contributed by atoms with E-state index in [1.54, 1.807) is 42.1 Å². The first kappa shape index (κ1) is 26.0. The average Bonchev–Trinajstić information content (AvgIpc) is 3.21. The summed E-state index contributed by atoms with van der Waals surface area (Å²) in [5.74, 6) is 0.773. The molecule has 2 aromatic heterocycles. The third kappa shape index (κ3) is 5.05. The van der Waals surface area contributed by atoms with Crippen molar-refractivity contribution in [2.45, 2.75) is 38.6 Å². The largest absolute Gasteiger partial charge is 0.573 e. The Morgan fingerprint density at radius 3 is 2.40 bits per heavy atom. The maximum absolute atomic E-state index is 13.0. The van der Waals surface area contributed by atoms with Crippen LogP contribution < -0.4 is 19.7 Å². The zero-order chi connectivity index (χ0) is 28.1. The molecule has 0 bridgehead atoms. The molecule has 10 heteroatoms. The van der Waals surface area contributed by atoms with Gasteiger partial charge in [-0.05, 0) is 67.1 Å². The van der Waals surface area contributed by atoms with Crippen molar-refractivity contribution in [3.8, 4) is 11.5 Å². The quantitative estimate of drug-likeness (QED) is 0.312. The lowest BCUT2D eigenvalue weighted by Gasteiger charge is -2.60. The molecular formula is C30H29F3N4O3. The Balaban J connectivity index is 1.00. The van der Waals surface area contributed by atoms with Crippen LogP contribution in [0.15, 0.2) is 66.9 Å². The minimum Gasteiger partial charge on any atom is -0.497 e. The van der Waals surface area contributed by atoms with Crippen molar-refractivity contribution in [3.05, 3.63) is 89.2 Å². The van der Waals surface area contributed by atoms with Gasteiger partial charge in [0.25, 0.3) is 5.91 Å². The molecule has 0 unspecified atom stereocenters. The topological polar surface area (TPSA) is 68.1 Å². The molecule has 1 spiro atoms. The number of aryl methyl sites for hydroxylation is 1. The molecular weight excluding hydrogens is 521 g/mol. The first-order valence-corrected chi connectivity index (χ1v) is 13.1. The highest BCUT2D eigenvalue weighted by Crippen LogP contribution is 2.56. The van der Waals surface area contributed by atoms with Gasteiger partial charge in [0.15, 0.2) is 0 Å². The normalized spacial score (nSPS) is 16.5. The van der Waals surface area contributed by atoms with Crippen LogP contribution in [0.5, 0.6) is 11.5 Å². The second-order valence-electron chi connectivity index (χ2n) is 10.8. The molecule has 1 saturated carbocycles. The first-order valence-electron chi connectivity index (χ1n) is 13.1. The van der Waals surface area contributed by atoms with E-state index in [0.717, 1.165) is 37.2 Å². The van der Waals surface area contributed by atoms with Crippen molar-refractivity contribution >= 4 is 17.1 Å². The van der Waals surface area contributed by atoms with Crippen LogP contribution in [0, 0.1) is 12.3 Å². The average molecular weight is 551 g/mol. The Kier molecular flexibility index (Phi) is 6.35. The van der Waals surface area contributed by atoms with Crippen LogP contribution in [0.4, 0.5) is 18.9 Å². The molecule has 208 valence electrons. The van der Waals surface area contributed by atoms with Gasteiger partial charge in [-0.25, -0.2) is 4.52 Å². The number of methoxy groups -OCH3 is 1. The standard InChI is InChI=1S/C30H29F3N4O3/c1-19-27(26-13-25(39-2)11-12-37(26)35-19)28(38)34-16-20-3-5-21(6-4-20)22-14-29(15-22)17-36(18-29)23-7-9-24(10-8-23)40-30(31,32)33/h3-13,22H,14-18H2,1-2H3,(H,34,38). The number of ether oxygens (including phenoxy) is 2. The molecule has 4 aromatic rings. The van der Waals surface area contributed by atoms with Gasteiger partial charge in [-0.2, -0.15) is 5.10 Å². The zero-order valence-electron chi connectivity index (χ0n) is 22.2. The van der Waals surface area contributed by atoms with Crippen molar-refractivity contribution in [1.29, 1.82) is 0 Å². The Morgan fingerprint density at radius 2 is 1.75 bits per heavy atom. The predicted molar refractivity (Wildman–Crippen MR) is 144 cm³/mol. The number of benzene rings is 2. The summed E-state index contributed by atoms with van der Waals surface area (Å²) in [6.45, 7) is 4.04. The molecule has 1 aliphatic carbocycles. The van der Waals surface area contributed by atoms with E-state index in [0.29, 0.717) is 35.0 Å². The summed E-state index contributed by atoms with van der Waals surface area (Å²) in [5.41, 5.74) is 5.38. The summed E-state index contributed by atoms with van der Waals surface area (Å²) in [6, 6.07) is 18.1. The van der Waals surface area contributed by atoms with E-state index in [2.05, 4.69) is 44.3 Å². The van der Waals surface area contributed by atoms with E-state index in [4.69, 9.17) is 4.74 Å². The summed E-state index contributed by atoms with van der Waals surface area (Å²) >= 11 is 0. The van der Waals surface area contributed by atoms with Gasteiger partial charge in [0.05, 0.1) is 23.9 Å². The van der Waals surface area contributed by atoms with Gasteiger partial charge in [-0.15, -0.1) is 13.2 Å². The molecule has 7 nitrogen and oxygen atoms in total. The van der Waals surface area contributed by atoms with E-state index in [1.807, 2.05) is 6.92 Å². The minimum absolute atomic E-state index is 0.178. The highest BCUT2D eigenvalue weighted by atomic mass is 19.4. The number of carbonyl (C=O) groups excluding carboxylic acids is 1. The number of halogens is 3. The van der Waals surface area contributed by atoms with Gasteiger partial charge in [0.2, 0.25) is 0 Å². The number of anilines is 1. The highest BCUT2D eigenvalue weighted by Gasteiger charge is 2.52. The van der Waals surface area contributed by atoms with Crippen LogP contribution in [-0.2, 0) is 6.54 Å². The Hall–Kier alpha value is -4.21. The number of alkyl halides is 3. The SMILES string of the molecule is COc1ccn2nc(C)c(C(=O)NCc3ccc(C4CC5(C4)CN(c4ccc(OC(F)(F)F)cc4)C5)cc3)c2c1. The summed E-state index contributed by atoms with van der Waals surface area (Å²) in [4.78, 5) is 15.2. The van der Waals surface area contributed by atoms with Gasteiger partial charge < -0.3 is 19.7 Å². The second kappa shape index (κ2) is 9.76. The number of nitrogens with one attached hydrogen (secondary N) is 1. The second-order valence-corrected chi connectivity index (χ2v) is 10.8. The maximum atomic E-state index is 13.0. The van der Waals surface area contributed by atoms with Crippen molar-refractivity contribution in [2.75, 3.05) is 25.1 Å². The van der Waals surface area contributed by atoms with Crippen LogP contribution in [0.2, 0.25) is 0 Å². The van der Waals surface area contributed by atoms with E-state index in [-0.39, 0.29) is 17.1 Å². The molecule has 3 heterocycles. The molecule has 2 aromatic carbocycles. The fourth-order valence-electron chi connectivity index (χ4n) is 6.01. The molecule has 40 heavy (non-hydrogen) atoms. The molecule has 1 saturated heterocycles. The Bertz CT molecular complexity index is 1530. The van der Waals surface area contributed by atoms with Crippen LogP contribution >= 0.6 is 0 Å². The van der Waals surface area contributed by atoms with Crippen LogP contribution in [-0.4, -0.2) is 42.1 Å². The van der Waals surface area contributed by atoms with Crippen molar-refractivity contribution < 1.29 is 27.4 Å². The number of hydrogen-bond donors (Lipinski definition) is 1. The number of amides is 1. The number of rotatable bonds is 7. The summed E-state index contributed by atoms with van der Waals surface area (Å²) in [5, 5.41) is 7.44. The van der Waals surface area contributed by atoms with Crippen molar-refractivity contribution in [2.24, 2.45) is 5.41 Å². The molecule has 0 radical (unpaired) electrons. The molecule has 6 rings (SSSR count). The summed E-state index contributed by atoms with van der Waals surface area (Å²) < 4.78 is 48.1. The Labute approximate surface area is 229 Å². The molecule has 2 aliphatic rings. The molecule has 0 atom stereocenters. The zero-order valence-corrected chi connectivity index (χ0v) is 22.2. The third-order valence-corrected chi connectivity index (χ3v) is 8.00. The van der Waals surface area contributed by atoms with Crippen LogP contribution in [0.25, 0.3) is 5.52 Å². The fraction of sp³-hybridized carbons (Fsp3) is 0.333. The van der Waals surface area contributed by atoms with Gasteiger partial charge in [-0.1, -0.05) is 24.3 Å². The number of fused-ring (bicyclic) bond motifs is 1. The van der Waals surface area contributed by atoms with Gasteiger partial charge in [-0.3, -0.25) is 4.79 Å². The summed E-state index contributed by atoms with van der Waals surface area (Å²) in [6.07, 6.45) is -0.727. The number of carbonyl (C=O) groups is 1. The number of hydrogen-bond acceptors (Lipinski definition) is 5. The molecule has 1 aliphatic heterocycles.